The molecule has 1 heterocycles. The zero-order valence-electron chi connectivity index (χ0n) is 19.3. The van der Waals surface area contributed by atoms with Crippen molar-refractivity contribution in [2.75, 3.05) is 0 Å². The third-order valence-electron chi connectivity index (χ3n) is 6.10. The van der Waals surface area contributed by atoms with Gasteiger partial charge in [-0.2, -0.15) is 11.4 Å². The molecule has 0 spiro atoms. The fourth-order valence-corrected chi connectivity index (χ4v) is 4.29. The van der Waals surface area contributed by atoms with Crippen molar-refractivity contribution in [2.45, 2.75) is 38.8 Å². The first-order chi connectivity index (χ1) is 15.3. The number of hydrogen-bond donors (Lipinski definition) is 0. The average molecular weight is 610 g/mol. The van der Waals surface area contributed by atoms with E-state index in [9.17, 15) is 0 Å². The van der Waals surface area contributed by atoms with Crippen LogP contribution in [0.4, 0.5) is 11.4 Å². The molecule has 5 rings (SSSR count). The Morgan fingerprint density at radius 1 is 0.515 bits per heavy atom. The fraction of sp³-hybridized carbons (Fsp3) is 0.200. The van der Waals surface area contributed by atoms with Crippen LogP contribution < -0.4 is 0 Å². The minimum absolute atomic E-state index is 0. The molecule has 0 saturated heterocycles. The topological polar surface area (TPSA) is 28.2 Å². The van der Waals surface area contributed by atoms with Crippen molar-refractivity contribution >= 4 is 11.4 Å². The van der Waals surface area contributed by atoms with Crippen LogP contribution in [0.15, 0.2) is 84.9 Å². The summed E-state index contributed by atoms with van der Waals surface area (Å²) in [7, 11) is 0. The van der Waals surface area contributed by atoms with Gasteiger partial charge < -0.3 is 10.6 Å². The Hall–Kier alpha value is -2.83. The molecule has 2 nitrogen and oxygen atoms in total. The van der Waals surface area contributed by atoms with E-state index in [2.05, 4.69) is 113 Å². The maximum atomic E-state index is 5.20. The first kappa shape index (κ1) is 23.3. The van der Waals surface area contributed by atoms with Gasteiger partial charge in [0.05, 0.1) is 0 Å². The van der Waals surface area contributed by atoms with E-state index in [0.717, 1.165) is 44.8 Å². The second-order valence-electron chi connectivity index (χ2n) is 9.33. The molecule has 0 radical (unpaired) electrons. The molecule has 33 heavy (non-hydrogen) atoms. The van der Waals surface area contributed by atoms with Crippen molar-refractivity contribution in [3.8, 4) is 22.3 Å². The summed E-state index contributed by atoms with van der Waals surface area (Å²) in [5.74, 6) is 0. The Bertz CT molecular complexity index is 1190. The number of fused-ring (bicyclic) bond motifs is 8. The van der Waals surface area contributed by atoms with Gasteiger partial charge in [0, 0.05) is 0 Å². The number of hydrogen-bond acceptors (Lipinski definition) is 0. The molecule has 0 unspecified atom stereocenters. The summed E-state index contributed by atoms with van der Waals surface area (Å²) in [4.78, 5) is 0. The van der Waals surface area contributed by atoms with Crippen molar-refractivity contribution in [1.82, 2.24) is 0 Å². The van der Waals surface area contributed by atoms with E-state index in [1.165, 1.54) is 0 Å². The Morgan fingerprint density at radius 2 is 0.909 bits per heavy atom. The van der Waals surface area contributed by atoms with E-state index >= 15 is 0 Å². The second kappa shape index (κ2) is 8.84. The molecule has 4 bridgehead atoms. The van der Waals surface area contributed by atoms with E-state index in [1.807, 2.05) is 12.1 Å². The summed E-state index contributed by atoms with van der Waals surface area (Å²) in [5, 5.41) is 10.4. The van der Waals surface area contributed by atoms with Crippen LogP contribution in [0, 0.1) is 12.1 Å². The summed E-state index contributed by atoms with van der Waals surface area (Å²) < 4.78 is 0. The van der Waals surface area contributed by atoms with Crippen LogP contribution in [-0.2, 0) is 32.1 Å². The van der Waals surface area contributed by atoms with Gasteiger partial charge in [-0.1, -0.05) is 76.2 Å². The molecular formula is C30H26N2Pt. The number of nitrogens with zero attached hydrogens (tertiary/aromatic N) is 2. The predicted molar refractivity (Wildman–Crippen MR) is 134 cm³/mol. The summed E-state index contributed by atoms with van der Waals surface area (Å²) in [5.41, 5.74) is 7.33. The van der Waals surface area contributed by atoms with Crippen LogP contribution in [-0.4, -0.2) is 0 Å². The zero-order chi connectivity index (χ0) is 22.3. The van der Waals surface area contributed by atoms with Crippen molar-refractivity contribution in [1.29, 1.82) is 0 Å². The molecule has 166 valence electrons. The SMILES string of the molecule is CC1(C)[N-]c2ccccc2-c2[c-]c(ccc2)C(C)(C)[N-]c2ccccc2-c2[c-]c1ccc2.[Pt+4]. The van der Waals surface area contributed by atoms with E-state index < -0.39 is 11.1 Å². The first-order valence-electron chi connectivity index (χ1n) is 11.0. The number of benzene rings is 4. The van der Waals surface area contributed by atoms with Gasteiger partial charge >= 0.3 is 21.1 Å². The van der Waals surface area contributed by atoms with E-state index in [-0.39, 0.29) is 21.1 Å². The monoisotopic (exact) mass is 609 g/mol. The van der Waals surface area contributed by atoms with Crippen molar-refractivity contribution in [2.24, 2.45) is 0 Å². The smallest absolute Gasteiger partial charge is 0.685 e. The number of para-hydroxylation sites is 2. The van der Waals surface area contributed by atoms with Gasteiger partial charge in [-0.3, -0.25) is 0 Å². The van der Waals surface area contributed by atoms with E-state index in [1.54, 1.807) is 0 Å². The molecule has 0 aliphatic carbocycles. The summed E-state index contributed by atoms with van der Waals surface area (Å²) >= 11 is 0. The largest absolute Gasteiger partial charge is 4.00 e. The van der Waals surface area contributed by atoms with Crippen molar-refractivity contribution in [3.63, 3.8) is 0 Å². The standard InChI is InChI=1S/C30H26N2.Pt/c1-29(2)23-13-9-11-21(19-23)26-16-6-8-18-28(26)32-30(3,4)24-14-10-12-22(20-24)25-15-5-7-17-27(25)31-29;/h5-18H,1-4H3;/q-4;+4. The fourth-order valence-electron chi connectivity index (χ4n) is 4.29. The molecule has 1 aliphatic rings. The molecule has 0 amide bonds. The van der Waals surface area contributed by atoms with Gasteiger partial charge in [-0.05, 0) is 0 Å². The molecule has 1 aliphatic heterocycles. The molecule has 0 N–H and O–H groups in total. The Morgan fingerprint density at radius 3 is 1.33 bits per heavy atom. The molecule has 4 aromatic carbocycles. The van der Waals surface area contributed by atoms with E-state index in [4.69, 9.17) is 10.6 Å². The van der Waals surface area contributed by atoms with Crippen LogP contribution in [0.2, 0.25) is 0 Å². The summed E-state index contributed by atoms with van der Waals surface area (Å²) in [6.45, 7) is 8.57. The van der Waals surface area contributed by atoms with Gasteiger partial charge in [0.15, 0.2) is 0 Å². The van der Waals surface area contributed by atoms with Gasteiger partial charge in [0.2, 0.25) is 0 Å². The molecular weight excluding hydrogens is 583 g/mol. The molecule has 4 aromatic rings. The van der Waals surface area contributed by atoms with Crippen molar-refractivity contribution in [3.05, 3.63) is 119 Å². The Labute approximate surface area is 211 Å². The number of rotatable bonds is 0. The van der Waals surface area contributed by atoms with Gasteiger partial charge in [0.1, 0.15) is 0 Å². The van der Waals surface area contributed by atoms with Crippen LogP contribution >= 0.6 is 0 Å². The third-order valence-corrected chi connectivity index (χ3v) is 6.10. The summed E-state index contributed by atoms with van der Waals surface area (Å²) in [6, 6.07) is 36.5. The first-order valence-corrected chi connectivity index (χ1v) is 11.0. The minimum Gasteiger partial charge on any atom is -0.685 e. The molecule has 0 saturated carbocycles. The molecule has 0 aromatic heterocycles. The Balaban J connectivity index is 0.00000259. The summed E-state index contributed by atoms with van der Waals surface area (Å²) in [6.07, 6.45) is 0. The molecule has 0 fully saturated rings. The second-order valence-corrected chi connectivity index (χ2v) is 9.33. The van der Waals surface area contributed by atoms with Crippen LogP contribution in [0.3, 0.4) is 0 Å². The van der Waals surface area contributed by atoms with E-state index in [0.29, 0.717) is 0 Å². The normalized spacial score (nSPS) is 15.4. The molecule has 3 heteroatoms. The van der Waals surface area contributed by atoms with Gasteiger partial charge in [0.25, 0.3) is 0 Å². The van der Waals surface area contributed by atoms with Crippen molar-refractivity contribution < 1.29 is 21.1 Å². The Kier molecular flexibility index (Phi) is 6.25. The maximum absolute atomic E-state index is 5.20. The van der Waals surface area contributed by atoms with Gasteiger partial charge in [-0.25, -0.2) is 0 Å². The zero-order valence-corrected chi connectivity index (χ0v) is 21.6. The van der Waals surface area contributed by atoms with Gasteiger partial charge in [-0.15, -0.1) is 93.0 Å². The maximum Gasteiger partial charge on any atom is 4.00 e. The van der Waals surface area contributed by atoms with Crippen LogP contribution in [0.1, 0.15) is 38.8 Å². The average Bonchev–Trinajstić information content (AvgIpc) is 2.79. The predicted octanol–water partition coefficient (Wildman–Crippen LogP) is 8.81. The molecule has 0 atom stereocenters. The quantitative estimate of drug-likeness (QED) is 0.178. The third kappa shape index (κ3) is 4.50. The minimum atomic E-state index is -0.445. The van der Waals surface area contributed by atoms with Crippen LogP contribution in [0.5, 0.6) is 0 Å². The van der Waals surface area contributed by atoms with Crippen LogP contribution in [0.25, 0.3) is 32.9 Å².